The molecule has 2 aromatic rings. The number of aryl methyl sites for hydroxylation is 3. The quantitative estimate of drug-likeness (QED) is 0.853. The van der Waals surface area contributed by atoms with Gasteiger partial charge in [-0.1, -0.05) is 5.16 Å². The van der Waals surface area contributed by atoms with Gasteiger partial charge >= 0.3 is 0 Å². The first-order valence-electron chi connectivity index (χ1n) is 7.72. The van der Waals surface area contributed by atoms with E-state index >= 15 is 0 Å². The second-order valence-electron chi connectivity index (χ2n) is 5.95. The number of rotatable bonds is 4. The molecule has 0 saturated carbocycles. The summed E-state index contributed by atoms with van der Waals surface area (Å²) in [4.78, 5) is 4.83. The second kappa shape index (κ2) is 6.18. The number of hydrogen-bond donors (Lipinski definition) is 0. The number of piperazine rings is 1. The molecule has 0 unspecified atom stereocenters. The van der Waals surface area contributed by atoms with Gasteiger partial charge in [0.15, 0.2) is 0 Å². The molecule has 0 aliphatic carbocycles. The molecule has 1 saturated heterocycles. The molecule has 0 amide bonds. The van der Waals surface area contributed by atoms with Crippen LogP contribution in [-0.2, 0) is 6.54 Å². The van der Waals surface area contributed by atoms with Crippen molar-refractivity contribution >= 4 is 0 Å². The van der Waals surface area contributed by atoms with Gasteiger partial charge in [-0.05, 0) is 20.8 Å². The lowest BCUT2D eigenvalue weighted by Crippen LogP contribution is -2.46. The van der Waals surface area contributed by atoms with E-state index < -0.39 is 0 Å². The van der Waals surface area contributed by atoms with E-state index in [0.29, 0.717) is 11.8 Å². The second-order valence-corrected chi connectivity index (χ2v) is 5.95. The Kier molecular flexibility index (Phi) is 4.26. The summed E-state index contributed by atoms with van der Waals surface area (Å²) in [6.45, 7) is 12.8. The summed E-state index contributed by atoms with van der Waals surface area (Å²) in [7, 11) is 0. The van der Waals surface area contributed by atoms with Crippen LogP contribution < -0.4 is 0 Å². The van der Waals surface area contributed by atoms with Gasteiger partial charge in [-0.25, -0.2) is 0 Å². The lowest BCUT2D eigenvalue weighted by atomic mass is 10.1. The molecule has 0 spiro atoms. The lowest BCUT2D eigenvalue weighted by Gasteiger charge is -2.36. The first-order chi connectivity index (χ1) is 10.5. The van der Waals surface area contributed by atoms with Gasteiger partial charge in [0.05, 0.1) is 11.7 Å². The summed E-state index contributed by atoms with van der Waals surface area (Å²) in [5.41, 5.74) is 2.21. The van der Waals surface area contributed by atoms with E-state index in [4.69, 9.17) is 8.94 Å². The molecule has 0 radical (unpaired) electrons. The molecule has 7 heteroatoms. The van der Waals surface area contributed by atoms with Gasteiger partial charge in [-0.3, -0.25) is 9.80 Å². The van der Waals surface area contributed by atoms with E-state index in [1.54, 1.807) is 0 Å². The van der Waals surface area contributed by atoms with Crippen LogP contribution in [0.1, 0.15) is 41.8 Å². The van der Waals surface area contributed by atoms with Crippen LogP contribution in [0.2, 0.25) is 0 Å². The lowest BCUT2D eigenvalue weighted by molar-refractivity contribution is 0.0867. The number of aromatic nitrogens is 3. The number of hydrogen-bond acceptors (Lipinski definition) is 7. The molecule has 1 aliphatic heterocycles. The third-order valence-corrected chi connectivity index (χ3v) is 4.42. The summed E-state index contributed by atoms with van der Waals surface area (Å²) in [5, 5.41) is 12.1. The van der Waals surface area contributed by atoms with Crippen LogP contribution in [-0.4, -0.2) is 51.3 Å². The minimum Gasteiger partial charge on any atom is -0.424 e. The molecular formula is C15H23N5O2. The Morgan fingerprint density at radius 2 is 1.82 bits per heavy atom. The standard InChI is InChI=1S/C15H23N5O2/c1-10-14(12(3)22-18-10)9-19-5-7-20(8-6-19)11(2)15-17-16-13(4)21-15/h11H,5-9H2,1-4H3/t11-/m0/s1. The predicted molar refractivity (Wildman–Crippen MR) is 80.3 cm³/mol. The highest BCUT2D eigenvalue weighted by atomic mass is 16.5. The van der Waals surface area contributed by atoms with Crippen molar-refractivity contribution in [3.05, 3.63) is 28.8 Å². The van der Waals surface area contributed by atoms with Crippen molar-refractivity contribution < 1.29 is 8.94 Å². The van der Waals surface area contributed by atoms with E-state index in [1.807, 2.05) is 20.8 Å². The summed E-state index contributed by atoms with van der Waals surface area (Å²) in [6, 6.07) is 0.169. The third-order valence-electron chi connectivity index (χ3n) is 4.42. The SMILES string of the molecule is Cc1nnc([C@H](C)N2CCN(Cc3c(C)noc3C)CC2)o1. The fourth-order valence-corrected chi connectivity index (χ4v) is 2.90. The van der Waals surface area contributed by atoms with Crippen molar-refractivity contribution in [3.63, 3.8) is 0 Å². The fourth-order valence-electron chi connectivity index (χ4n) is 2.90. The zero-order valence-corrected chi connectivity index (χ0v) is 13.7. The molecule has 0 aromatic carbocycles. The van der Waals surface area contributed by atoms with E-state index in [0.717, 1.165) is 44.2 Å². The van der Waals surface area contributed by atoms with Crippen molar-refractivity contribution in [1.82, 2.24) is 25.2 Å². The molecule has 1 atom stereocenters. The van der Waals surface area contributed by atoms with Crippen LogP contribution in [0.5, 0.6) is 0 Å². The van der Waals surface area contributed by atoms with Crippen molar-refractivity contribution in [2.24, 2.45) is 0 Å². The molecule has 0 bridgehead atoms. The van der Waals surface area contributed by atoms with Crippen molar-refractivity contribution in [3.8, 4) is 0 Å². The Balaban J connectivity index is 1.56. The minimum absolute atomic E-state index is 0.169. The van der Waals surface area contributed by atoms with Crippen LogP contribution >= 0.6 is 0 Å². The topological polar surface area (TPSA) is 71.4 Å². The smallest absolute Gasteiger partial charge is 0.233 e. The van der Waals surface area contributed by atoms with Crippen LogP contribution in [0.4, 0.5) is 0 Å². The maximum atomic E-state index is 5.54. The highest BCUT2D eigenvalue weighted by Crippen LogP contribution is 2.22. The normalized spacial score (nSPS) is 18.7. The highest BCUT2D eigenvalue weighted by molar-refractivity contribution is 5.20. The van der Waals surface area contributed by atoms with Crippen LogP contribution in [0.15, 0.2) is 8.94 Å². The van der Waals surface area contributed by atoms with Gasteiger partial charge < -0.3 is 8.94 Å². The van der Waals surface area contributed by atoms with Crippen LogP contribution in [0.3, 0.4) is 0 Å². The zero-order chi connectivity index (χ0) is 15.7. The molecule has 3 heterocycles. The van der Waals surface area contributed by atoms with Crippen LogP contribution in [0.25, 0.3) is 0 Å². The van der Waals surface area contributed by atoms with Crippen molar-refractivity contribution in [2.45, 2.75) is 40.3 Å². The first kappa shape index (κ1) is 15.2. The monoisotopic (exact) mass is 305 g/mol. The molecule has 0 N–H and O–H groups in total. The van der Waals surface area contributed by atoms with E-state index in [1.165, 1.54) is 5.56 Å². The van der Waals surface area contributed by atoms with Gasteiger partial charge in [-0.15, -0.1) is 10.2 Å². The van der Waals surface area contributed by atoms with Gasteiger partial charge in [0.25, 0.3) is 0 Å². The molecule has 22 heavy (non-hydrogen) atoms. The Morgan fingerprint density at radius 1 is 1.09 bits per heavy atom. The van der Waals surface area contributed by atoms with Gasteiger partial charge in [0, 0.05) is 45.2 Å². The molecule has 3 rings (SSSR count). The molecule has 120 valence electrons. The molecule has 2 aromatic heterocycles. The summed E-state index contributed by atoms with van der Waals surface area (Å²) >= 11 is 0. The zero-order valence-electron chi connectivity index (χ0n) is 13.7. The Bertz CT molecular complexity index is 608. The molecular weight excluding hydrogens is 282 g/mol. The van der Waals surface area contributed by atoms with E-state index in [9.17, 15) is 0 Å². The maximum absolute atomic E-state index is 5.54. The molecule has 1 aliphatic rings. The fraction of sp³-hybridized carbons (Fsp3) is 0.667. The molecule has 7 nitrogen and oxygen atoms in total. The average molecular weight is 305 g/mol. The largest absolute Gasteiger partial charge is 0.424 e. The third kappa shape index (κ3) is 3.05. The first-order valence-corrected chi connectivity index (χ1v) is 7.72. The maximum Gasteiger partial charge on any atom is 0.233 e. The Labute approximate surface area is 130 Å². The summed E-state index contributed by atoms with van der Waals surface area (Å²) in [5.74, 6) is 2.25. The minimum atomic E-state index is 0.169. The van der Waals surface area contributed by atoms with Gasteiger partial charge in [0.1, 0.15) is 5.76 Å². The average Bonchev–Trinajstić information content (AvgIpc) is 3.08. The van der Waals surface area contributed by atoms with Gasteiger partial charge in [-0.2, -0.15) is 0 Å². The number of nitrogens with zero attached hydrogens (tertiary/aromatic N) is 5. The van der Waals surface area contributed by atoms with Crippen molar-refractivity contribution in [2.75, 3.05) is 26.2 Å². The Hall–Kier alpha value is -1.73. The van der Waals surface area contributed by atoms with Crippen molar-refractivity contribution in [1.29, 1.82) is 0 Å². The summed E-state index contributed by atoms with van der Waals surface area (Å²) in [6.07, 6.45) is 0. The Morgan fingerprint density at radius 3 is 2.36 bits per heavy atom. The summed E-state index contributed by atoms with van der Waals surface area (Å²) < 4.78 is 10.8. The van der Waals surface area contributed by atoms with Crippen LogP contribution in [0, 0.1) is 20.8 Å². The molecule has 1 fully saturated rings. The van der Waals surface area contributed by atoms with Gasteiger partial charge in [0.2, 0.25) is 11.8 Å². The highest BCUT2D eigenvalue weighted by Gasteiger charge is 2.26. The van der Waals surface area contributed by atoms with E-state index in [-0.39, 0.29) is 6.04 Å². The predicted octanol–water partition coefficient (Wildman–Crippen LogP) is 1.86. The van der Waals surface area contributed by atoms with E-state index in [2.05, 4.69) is 32.1 Å².